The molecule has 1 aliphatic rings. The van der Waals surface area contributed by atoms with Crippen molar-refractivity contribution < 1.29 is 9.53 Å². The Morgan fingerprint density at radius 1 is 1.42 bits per heavy atom. The number of morpholine rings is 1. The molecular weight excluding hydrogens is 240 g/mol. The van der Waals surface area contributed by atoms with Gasteiger partial charge in [0.25, 0.3) is 0 Å². The van der Waals surface area contributed by atoms with Gasteiger partial charge in [0.1, 0.15) is 6.10 Å². The van der Waals surface area contributed by atoms with Gasteiger partial charge < -0.3 is 15.0 Å². The SMILES string of the molecule is CNCC(=O)N1CC(c2ccccc2)OCC1(C)C. The fourth-order valence-corrected chi connectivity index (χ4v) is 2.40. The van der Waals surface area contributed by atoms with E-state index >= 15 is 0 Å². The normalized spacial score (nSPS) is 22.3. The molecule has 4 nitrogen and oxygen atoms in total. The van der Waals surface area contributed by atoms with Crippen LogP contribution in [0.2, 0.25) is 0 Å². The van der Waals surface area contributed by atoms with Gasteiger partial charge in [0.15, 0.2) is 0 Å². The van der Waals surface area contributed by atoms with Gasteiger partial charge in [0.05, 0.1) is 25.2 Å². The number of nitrogens with one attached hydrogen (secondary N) is 1. The van der Waals surface area contributed by atoms with Crippen LogP contribution in [0.5, 0.6) is 0 Å². The molecule has 19 heavy (non-hydrogen) atoms. The lowest BCUT2D eigenvalue weighted by Crippen LogP contribution is -2.57. The van der Waals surface area contributed by atoms with Gasteiger partial charge >= 0.3 is 0 Å². The number of nitrogens with zero attached hydrogens (tertiary/aromatic N) is 1. The third-order valence-corrected chi connectivity index (χ3v) is 3.52. The summed E-state index contributed by atoms with van der Waals surface area (Å²) < 4.78 is 5.92. The van der Waals surface area contributed by atoms with Crippen LogP contribution in [0.3, 0.4) is 0 Å². The highest BCUT2D eigenvalue weighted by Crippen LogP contribution is 2.30. The number of ether oxygens (including phenoxy) is 1. The number of hydrogen-bond donors (Lipinski definition) is 1. The van der Waals surface area contributed by atoms with Crippen molar-refractivity contribution in [3.8, 4) is 0 Å². The van der Waals surface area contributed by atoms with Gasteiger partial charge in [-0.05, 0) is 26.5 Å². The van der Waals surface area contributed by atoms with Crippen LogP contribution >= 0.6 is 0 Å². The van der Waals surface area contributed by atoms with Crippen LogP contribution in [0.15, 0.2) is 30.3 Å². The number of hydrogen-bond acceptors (Lipinski definition) is 3. The minimum absolute atomic E-state index is 0.0324. The average molecular weight is 262 g/mol. The molecule has 0 spiro atoms. The minimum atomic E-state index is -0.251. The van der Waals surface area contributed by atoms with E-state index in [2.05, 4.69) is 5.32 Å². The second kappa shape index (κ2) is 5.72. The van der Waals surface area contributed by atoms with Crippen LogP contribution in [0.25, 0.3) is 0 Å². The highest BCUT2D eigenvalue weighted by Gasteiger charge is 2.38. The van der Waals surface area contributed by atoms with Gasteiger partial charge in [-0.3, -0.25) is 4.79 Å². The first-order chi connectivity index (χ1) is 9.04. The Labute approximate surface area is 114 Å². The van der Waals surface area contributed by atoms with Crippen LogP contribution < -0.4 is 5.32 Å². The monoisotopic (exact) mass is 262 g/mol. The van der Waals surface area contributed by atoms with E-state index in [9.17, 15) is 4.79 Å². The number of amides is 1. The lowest BCUT2D eigenvalue weighted by Gasteiger charge is -2.45. The first kappa shape index (κ1) is 14.0. The quantitative estimate of drug-likeness (QED) is 0.899. The maximum atomic E-state index is 12.2. The van der Waals surface area contributed by atoms with Crippen LogP contribution in [-0.2, 0) is 9.53 Å². The minimum Gasteiger partial charge on any atom is -0.369 e. The van der Waals surface area contributed by atoms with Gasteiger partial charge in [-0.25, -0.2) is 0 Å². The average Bonchev–Trinajstić information content (AvgIpc) is 2.39. The van der Waals surface area contributed by atoms with Crippen molar-refractivity contribution >= 4 is 5.91 Å². The fraction of sp³-hybridized carbons (Fsp3) is 0.533. The van der Waals surface area contributed by atoms with E-state index in [0.717, 1.165) is 5.56 Å². The number of carbonyl (C=O) groups excluding carboxylic acids is 1. The smallest absolute Gasteiger partial charge is 0.237 e. The summed E-state index contributed by atoms with van der Waals surface area (Å²) in [6, 6.07) is 10.1. The molecule has 1 fully saturated rings. The molecule has 104 valence electrons. The van der Waals surface area contributed by atoms with Crippen LogP contribution in [-0.4, -0.2) is 43.1 Å². The maximum absolute atomic E-state index is 12.2. The van der Waals surface area contributed by atoms with Crippen LogP contribution in [0.1, 0.15) is 25.5 Å². The lowest BCUT2D eigenvalue weighted by atomic mass is 9.98. The summed E-state index contributed by atoms with van der Waals surface area (Å²) in [5, 5.41) is 2.93. The fourth-order valence-electron chi connectivity index (χ4n) is 2.40. The predicted octanol–water partition coefficient (Wildman–Crippen LogP) is 1.58. The molecule has 0 bridgehead atoms. The van der Waals surface area contributed by atoms with Gasteiger partial charge in [-0.15, -0.1) is 0 Å². The van der Waals surface area contributed by atoms with Crippen molar-refractivity contribution in [3.05, 3.63) is 35.9 Å². The van der Waals surface area contributed by atoms with Crippen molar-refractivity contribution in [3.63, 3.8) is 0 Å². The molecule has 1 atom stereocenters. The summed E-state index contributed by atoms with van der Waals surface area (Å²) in [5.74, 6) is 0.122. The number of benzene rings is 1. The number of likely N-dealkylation sites (N-methyl/N-ethyl adjacent to an activating group) is 1. The van der Waals surface area contributed by atoms with E-state index in [-0.39, 0.29) is 17.6 Å². The molecule has 1 heterocycles. The lowest BCUT2D eigenvalue weighted by molar-refractivity contribution is -0.153. The molecule has 1 unspecified atom stereocenters. The third-order valence-electron chi connectivity index (χ3n) is 3.52. The molecule has 2 rings (SSSR count). The van der Waals surface area contributed by atoms with Crippen LogP contribution in [0.4, 0.5) is 0 Å². The summed E-state index contributed by atoms with van der Waals surface area (Å²) in [6.45, 7) is 5.62. The van der Waals surface area contributed by atoms with E-state index in [1.54, 1.807) is 7.05 Å². The molecule has 1 saturated heterocycles. The summed E-state index contributed by atoms with van der Waals surface area (Å²) in [5.41, 5.74) is 0.874. The van der Waals surface area contributed by atoms with Crippen molar-refractivity contribution in [2.75, 3.05) is 26.7 Å². The zero-order chi connectivity index (χ0) is 13.9. The van der Waals surface area contributed by atoms with Crippen LogP contribution in [0, 0.1) is 0 Å². The molecule has 1 aliphatic heterocycles. The molecule has 0 aromatic heterocycles. The summed E-state index contributed by atoms with van der Waals surface area (Å²) in [6.07, 6.45) is -0.0324. The van der Waals surface area contributed by atoms with E-state index < -0.39 is 0 Å². The molecular formula is C15H22N2O2. The Bertz CT molecular complexity index is 431. The summed E-state index contributed by atoms with van der Waals surface area (Å²) in [7, 11) is 1.79. The van der Waals surface area contributed by atoms with Gasteiger partial charge in [-0.1, -0.05) is 30.3 Å². The number of rotatable bonds is 3. The van der Waals surface area contributed by atoms with E-state index in [4.69, 9.17) is 4.74 Å². The largest absolute Gasteiger partial charge is 0.369 e. The molecule has 1 N–H and O–H groups in total. The molecule has 0 radical (unpaired) electrons. The van der Waals surface area contributed by atoms with Crippen molar-refractivity contribution in [1.29, 1.82) is 0 Å². The molecule has 4 heteroatoms. The molecule has 1 amide bonds. The zero-order valence-electron chi connectivity index (χ0n) is 11.8. The molecule has 0 saturated carbocycles. The van der Waals surface area contributed by atoms with Gasteiger partial charge in [-0.2, -0.15) is 0 Å². The Hall–Kier alpha value is -1.39. The maximum Gasteiger partial charge on any atom is 0.237 e. The topological polar surface area (TPSA) is 41.6 Å². The Morgan fingerprint density at radius 3 is 2.74 bits per heavy atom. The van der Waals surface area contributed by atoms with Crippen molar-refractivity contribution in [1.82, 2.24) is 10.2 Å². The first-order valence-electron chi connectivity index (χ1n) is 6.66. The second-order valence-electron chi connectivity index (χ2n) is 5.56. The predicted molar refractivity (Wildman–Crippen MR) is 74.9 cm³/mol. The van der Waals surface area contributed by atoms with Gasteiger partial charge in [0, 0.05) is 0 Å². The Kier molecular flexibility index (Phi) is 4.22. The Morgan fingerprint density at radius 2 is 2.11 bits per heavy atom. The Balaban J connectivity index is 2.14. The number of carbonyl (C=O) groups is 1. The van der Waals surface area contributed by atoms with Crippen molar-refractivity contribution in [2.45, 2.75) is 25.5 Å². The molecule has 1 aromatic carbocycles. The molecule has 1 aromatic rings. The standard InChI is InChI=1S/C15H22N2O2/c1-15(2)11-19-13(12-7-5-4-6-8-12)10-17(15)14(18)9-16-3/h4-8,13,16H,9-11H2,1-3H3. The first-order valence-corrected chi connectivity index (χ1v) is 6.66. The molecule has 0 aliphatic carbocycles. The van der Waals surface area contributed by atoms with E-state index in [0.29, 0.717) is 19.7 Å². The zero-order valence-corrected chi connectivity index (χ0v) is 11.8. The van der Waals surface area contributed by atoms with E-state index in [1.807, 2.05) is 49.1 Å². The van der Waals surface area contributed by atoms with Crippen molar-refractivity contribution in [2.24, 2.45) is 0 Å². The third kappa shape index (κ3) is 3.14. The summed E-state index contributed by atoms with van der Waals surface area (Å²) in [4.78, 5) is 14.1. The van der Waals surface area contributed by atoms with Gasteiger partial charge in [0.2, 0.25) is 5.91 Å². The highest BCUT2D eigenvalue weighted by molar-refractivity contribution is 5.79. The second-order valence-corrected chi connectivity index (χ2v) is 5.56. The van der Waals surface area contributed by atoms with E-state index in [1.165, 1.54) is 0 Å². The summed E-state index contributed by atoms with van der Waals surface area (Å²) >= 11 is 0. The highest BCUT2D eigenvalue weighted by atomic mass is 16.5.